The van der Waals surface area contributed by atoms with E-state index in [-0.39, 0.29) is 0 Å². The largest absolute Gasteiger partial charge is 0.497 e. The number of likely N-dealkylation sites (tertiary alicyclic amines) is 1. The van der Waals surface area contributed by atoms with E-state index in [9.17, 15) is 0 Å². The van der Waals surface area contributed by atoms with E-state index in [4.69, 9.17) is 4.74 Å². The molecule has 0 aromatic heterocycles. The summed E-state index contributed by atoms with van der Waals surface area (Å²) >= 11 is 0. The van der Waals surface area contributed by atoms with Crippen molar-refractivity contribution < 1.29 is 4.74 Å². The monoisotopic (exact) mass is 288 g/mol. The number of ether oxygens (including phenoxy) is 1. The minimum absolute atomic E-state index is 0.709. The van der Waals surface area contributed by atoms with Gasteiger partial charge in [0.25, 0.3) is 0 Å². The Balaban J connectivity index is 1.50. The predicted molar refractivity (Wildman–Crippen MR) is 87.0 cm³/mol. The second-order valence-corrected chi connectivity index (χ2v) is 6.56. The van der Waals surface area contributed by atoms with Crippen LogP contribution in [0.4, 0.5) is 0 Å². The first-order valence-electron chi connectivity index (χ1n) is 8.42. The van der Waals surface area contributed by atoms with E-state index in [1.54, 1.807) is 7.11 Å². The molecule has 1 unspecified atom stereocenters. The zero-order valence-corrected chi connectivity index (χ0v) is 13.2. The van der Waals surface area contributed by atoms with Gasteiger partial charge in [0.1, 0.15) is 5.75 Å². The molecule has 3 nitrogen and oxygen atoms in total. The van der Waals surface area contributed by atoms with Gasteiger partial charge >= 0.3 is 0 Å². The number of methoxy groups -OCH3 is 1. The molecule has 116 valence electrons. The average Bonchev–Trinajstić information content (AvgIpc) is 2.56. The molecular weight excluding hydrogens is 260 g/mol. The molecule has 1 N–H and O–H groups in total. The zero-order chi connectivity index (χ0) is 14.5. The summed E-state index contributed by atoms with van der Waals surface area (Å²) < 4.78 is 5.35. The number of benzene rings is 1. The normalized spacial score (nSPS) is 24.9. The minimum Gasteiger partial charge on any atom is -0.497 e. The number of nitrogens with zero attached hydrogens (tertiary/aromatic N) is 1. The number of piperidine rings is 2. The molecule has 0 saturated carbocycles. The molecule has 2 heterocycles. The van der Waals surface area contributed by atoms with Crippen molar-refractivity contribution in [1.29, 1.82) is 0 Å². The lowest BCUT2D eigenvalue weighted by Gasteiger charge is -2.35. The van der Waals surface area contributed by atoms with E-state index < -0.39 is 0 Å². The molecule has 2 fully saturated rings. The number of rotatable bonds is 4. The van der Waals surface area contributed by atoms with Gasteiger partial charge in [-0.25, -0.2) is 0 Å². The Morgan fingerprint density at radius 1 is 1.24 bits per heavy atom. The summed E-state index contributed by atoms with van der Waals surface area (Å²) in [6, 6.07) is 8.63. The summed E-state index contributed by atoms with van der Waals surface area (Å²) in [5, 5.41) is 3.53. The van der Waals surface area contributed by atoms with Crippen LogP contribution in [0.5, 0.6) is 5.75 Å². The topological polar surface area (TPSA) is 24.5 Å². The summed E-state index contributed by atoms with van der Waals surface area (Å²) in [5.74, 6) is 2.57. The van der Waals surface area contributed by atoms with Gasteiger partial charge in [-0.15, -0.1) is 0 Å². The lowest BCUT2D eigenvalue weighted by molar-refractivity contribution is 0.169. The Bertz CT molecular complexity index is 435. The standard InChI is InChI=1S/C18H28N2O/c1-21-18-6-2-5-17(12-18)16-7-10-20(11-8-16)14-15-4-3-9-19-13-15/h2,5-6,12,15-16,19H,3-4,7-11,13-14H2,1H3. The van der Waals surface area contributed by atoms with E-state index in [0.29, 0.717) is 5.92 Å². The fraction of sp³-hybridized carbons (Fsp3) is 0.667. The second-order valence-electron chi connectivity index (χ2n) is 6.56. The number of nitrogens with one attached hydrogen (secondary N) is 1. The molecule has 21 heavy (non-hydrogen) atoms. The molecule has 3 rings (SSSR count). The Labute approximate surface area is 128 Å². The quantitative estimate of drug-likeness (QED) is 0.922. The highest BCUT2D eigenvalue weighted by Gasteiger charge is 2.23. The highest BCUT2D eigenvalue weighted by Crippen LogP contribution is 2.30. The molecule has 2 aliphatic heterocycles. The molecule has 0 aliphatic carbocycles. The molecule has 1 atom stereocenters. The first kappa shape index (κ1) is 14.9. The average molecular weight is 288 g/mol. The summed E-state index contributed by atoms with van der Waals surface area (Å²) in [6.45, 7) is 6.22. The Hall–Kier alpha value is -1.06. The summed E-state index contributed by atoms with van der Waals surface area (Å²) in [5.41, 5.74) is 1.45. The SMILES string of the molecule is COc1cccc(C2CCN(CC3CCCNC3)CC2)c1. The third-order valence-corrected chi connectivity index (χ3v) is 5.07. The van der Waals surface area contributed by atoms with Crippen LogP contribution in [0, 0.1) is 5.92 Å². The minimum atomic E-state index is 0.709. The molecule has 3 heteroatoms. The van der Waals surface area contributed by atoms with Gasteiger partial charge in [0.2, 0.25) is 0 Å². The van der Waals surface area contributed by atoms with Crippen molar-refractivity contribution in [1.82, 2.24) is 10.2 Å². The number of hydrogen-bond donors (Lipinski definition) is 1. The van der Waals surface area contributed by atoms with Crippen molar-refractivity contribution >= 4 is 0 Å². The van der Waals surface area contributed by atoms with E-state index in [0.717, 1.165) is 11.7 Å². The van der Waals surface area contributed by atoms with Crippen LogP contribution in [0.2, 0.25) is 0 Å². The van der Waals surface area contributed by atoms with Gasteiger partial charge in [0, 0.05) is 6.54 Å². The smallest absolute Gasteiger partial charge is 0.119 e. The van der Waals surface area contributed by atoms with E-state index in [2.05, 4.69) is 28.4 Å². The summed E-state index contributed by atoms with van der Waals surface area (Å²) in [7, 11) is 1.75. The molecule has 0 spiro atoms. The molecule has 2 saturated heterocycles. The lowest BCUT2D eigenvalue weighted by Crippen LogP contribution is -2.41. The highest BCUT2D eigenvalue weighted by molar-refractivity contribution is 5.31. The van der Waals surface area contributed by atoms with Crippen LogP contribution < -0.4 is 10.1 Å². The Morgan fingerprint density at radius 2 is 2.10 bits per heavy atom. The van der Waals surface area contributed by atoms with Crippen molar-refractivity contribution in [2.24, 2.45) is 5.92 Å². The first-order chi connectivity index (χ1) is 10.3. The molecule has 1 aromatic carbocycles. The molecular formula is C18H28N2O. The zero-order valence-electron chi connectivity index (χ0n) is 13.2. The fourth-order valence-electron chi connectivity index (χ4n) is 3.79. The van der Waals surface area contributed by atoms with Crippen molar-refractivity contribution in [2.45, 2.75) is 31.6 Å². The maximum Gasteiger partial charge on any atom is 0.119 e. The lowest BCUT2D eigenvalue weighted by atomic mass is 9.88. The van der Waals surface area contributed by atoms with Gasteiger partial charge in [-0.05, 0) is 81.4 Å². The summed E-state index contributed by atoms with van der Waals surface area (Å²) in [4.78, 5) is 2.67. The van der Waals surface area contributed by atoms with Crippen LogP contribution in [0.25, 0.3) is 0 Å². The van der Waals surface area contributed by atoms with Gasteiger partial charge in [-0.2, -0.15) is 0 Å². The second kappa shape index (κ2) is 7.28. The van der Waals surface area contributed by atoms with Crippen molar-refractivity contribution in [3.63, 3.8) is 0 Å². The van der Waals surface area contributed by atoms with Crippen molar-refractivity contribution in [3.05, 3.63) is 29.8 Å². The molecule has 0 radical (unpaired) electrons. The predicted octanol–water partition coefficient (Wildman–Crippen LogP) is 2.87. The van der Waals surface area contributed by atoms with Crippen LogP contribution in [0.1, 0.15) is 37.2 Å². The van der Waals surface area contributed by atoms with Crippen molar-refractivity contribution in [3.8, 4) is 5.75 Å². The van der Waals surface area contributed by atoms with Crippen LogP contribution in [-0.2, 0) is 0 Å². The van der Waals surface area contributed by atoms with Gasteiger partial charge in [0.05, 0.1) is 7.11 Å². The van der Waals surface area contributed by atoms with Crippen molar-refractivity contribution in [2.75, 3.05) is 39.8 Å². The molecule has 0 amide bonds. The maximum atomic E-state index is 5.35. The highest BCUT2D eigenvalue weighted by atomic mass is 16.5. The number of hydrogen-bond acceptors (Lipinski definition) is 3. The van der Waals surface area contributed by atoms with Gasteiger partial charge in [0.15, 0.2) is 0 Å². The van der Waals surface area contributed by atoms with Crippen LogP contribution in [-0.4, -0.2) is 44.7 Å². The summed E-state index contributed by atoms with van der Waals surface area (Å²) in [6.07, 6.45) is 5.33. The third-order valence-electron chi connectivity index (χ3n) is 5.07. The van der Waals surface area contributed by atoms with Gasteiger partial charge < -0.3 is 15.0 Å². The molecule has 1 aromatic rings. The van der Waals surface area contributed by atoms with E-state index in [1.165, 1.54) is 64.0 Å². The van der Waals surface area contributed by atoms with Gasteiger partial charge in [-0.3, -0.25) is 0 Å². The van der Waals surface area contributed by atoms with Crippen LogP contribution in [0.15, 0.2) is 24.3 Å². The van der Waals surface area contributed by atoms with Crippen LogP contribution in [0.3, 0.4) is 0 Å². The molecule has 2 aliphatic rings. The Morgan fingerprint density at radius 3 is 2.81 bits per heavy atom. The fourth-order valence-corrected chi connectivity index (χ4v) is 3.79. The Kier molecular flexibility index (Phi) is 5.15. The van der Waals surface area contributed by atoms with E-state index >= 15 is 0 Å². The van der Waals surface area contributed by atoms with Crippen LogP contribution >= 0.6 is 0 Å². The van der Waals surface area contributed by atoms with Gasteiger partial charge in [-0.1, -0.05) is 12.1 Å². The maximum absolute atomic E-state index is 5.35. The first-order valence-corrected chi connectivity index (χ1v) is 8.42. The third kappa shape index (κ3) is 3.98. The molecule has 0 bridgehead atoms. The van der Waals surface area contributed by atoms with E-state index in [1.807, 2.05) is 6.07 Å².